The summed E-state index contributed by atoms with van der Waals surface area (Å²) in [5, 5.41) is 0. The predicted octanol–water partition coefficient (Wildman–Crippen LogP) is 6.22. The summed E-state index contributed by atoms with van der Waals surface area (Å²) in [6.07, 6.45) is 19.0. The summed E-state index contributed by atoms with van der Waals surface area (Å²) >= 11 is 0. The van der Waals surface area contributed by atoms with E-state index < -0.39 is 0 Å². The van der Waals surface area contributed by atoms with Crippen LogP contribution in [0.4, 0.5) is 0 Å². The molecule has 3 aliphatic carbocycles. The fraction of sp³-hybridized carbons (Fsp3) is 0.818. The van der Waals surface area contributed by atoms with Crippen molar-refractivity contribution in [2.75, 3.05) is 0 Å². The molecule has 3 rings (SSSR count). The molecule has 0 radical (unpaired) electrons. The molecule has 0 aromatic rings. The highest BCUT2D eigenvalue weighted by atomic mass is 14.3. The summed E-state index contributed by atoms with van der Waals surface area (Å²) in [4.78, 5) is 0. The largest absolute Gasteiger partial charge is 0.0993 e. The van der Waals surface area contributed by atoms with Crippen LogP contribution in [0.15, 0.2) is 12.2 Å². The van der Waals surface area contributed by atoms with Gasteiger partial charge >= 0.3 is 0 Å². The van der Waals surface area contributed by atoms with Gasteiger partial charge in [0.15, 0.2) is 0 Å². The first-order valence-electron chi connectivity index (χ1n) is 9.90. The molecule has 0 N–H and O–H groups in total. The average Bonchev–Trinajstić information content (AvgIpc) is 2.56. The Bertz CT molecular complexity index is 419. The van der Waals surface area contributed by atoms with Crippen molar-refractivity contribution < 1.29 is 0 Å². The Hall–Kier alpha value is -0.700. The minimum absolute atomic E-state index is 0.550. The lowest BCUT2D eigenvalue weighted by Crippen LogP contribution is -2.25. The SMILES string of the molecule is CC1C=CC(C#CC2CCC(C3CCC(C)CC3)CC2)CC1. The zero-order valence-corrected chi connectivity index (χ0v) is 14.7. The molecular formula is C22H34. The van der Waals surface area contributed by atoms with Gasteiger partial charge in [-0.25, -0.2) is 0 Å². The summed E-state index contributed by atoms with van der Waals surface area (Å²) in [6.45, 7) is 4.75. The third-order valence-electron chi connectivity index (χ3n) is 6.58. The molecule has 0 saturated heterocycles. The third kappa shape index (κ3) is 4.41. The van der Waals surface area contributed by atoms with Crippen LogP contribution in [-0.4, -0.2) is 0 Å². The van der Waals surface area contributed by atoms with Crippen molar-refractivity contribution in [1.29, 1.82) is 0 Å². The van der Waals surface area contributed by atoms with Crippen molar-refractivity contribution in [1.82, 2.24) is 0 Å². The Morgan fingerprint density at radius 2 is 1.27 bits per heavy atom. The van der Waals surface area contributed by atoms with Gasteiger partial charge in [-0.15, -0.1) is 0 Å². The quantitative estimate of drug-likeness (QED) is 0.398. The zero-order valence-electron chi connectivity index (χ0n) is 14.7. The van der Waals surface area contributed by atoms with E-state index in [9.17, 15) is 0 Å². The van der Waals surface area contributed by atoms with Gasteiger partial charge in [0.1, 0.15) is 0 Å². The molecule has 0 aromatic carbocycles. The van der Waals surface area contributed by atoms with E-state index in [0.29, 0.717) is 11.8 Å². The number of hydrogen-bond donors (Lipinski definition) is 0. The normalized spacial score (nSPS) is 42.5. The second-order valence-electron chi connectivity index (χ2n) is 8.47. The van der Waals surface area contributed by atoms with Gasteiger partial charge < -0.3 is 0 Å². The van der Waals surface area contributed by atoms with Crippen LogP contribution in [0, 0.1) is 47.3 Å². The molecule has 2 unspecified atom stereocenters. The van der Waals surface area contributed by atoms with Crippen molar-refractivity contribution in [3.05, 3.63) is 12.2 Å². The van der Waals surface area contributed by atoms with Gasteiger partial charge in [-0.2, -0.15) is 0 Å². The Morgan fingerprint density at radius 1 is 0.636 bits per heavy atom. The number of rotatable bonds is 1. The first kappa shape index (κ1) is 16.2. The highest BCUT2D eigenvalue weighted by Gasteiger charge is 2.29. The van der Waals surface area contributed by atoms with Crippen LogP contribution >= 0.6 is 0 Å². The average molecular weight is 299 g/mol. The summed E-state index contributed by atoms with van der Waals surface area (Å²) in [5.41, 5.74) is 0. The molecule has 0 spiro atoms. The third-order valence-corrected chi connectivity index (χ3v) is 6.58. The molecule has 0 bridgehead atoms. The summed E-state index contributed by atoms with van der Waals surface area (Å²) < 4.78 is 0. The van der Waals surface area contributed by atoms with Crippen LogP contribution in [0.3, 0.4) is 0 Å². The highest BCUT2D eigenvalue weighted by Crippen LogP contribution is 2.41. The zero-order chi connectivity index (χ0) is 15.4. The Morgan fingerprint density at radius 3 is 1.86 bits per heavy atom. The summed E-state index contributed by atoms with van der Waals surface area (Å²) in [6, 6.07) is 0. The maximum absolute atomic E-state index is 3.64. The van der Waals surface area contributed by atoms with Crippen LogP contribution in [0.2, 0.25) is 0 Å². The lowest BCUT2D eigenvalue weighted by atomic mass is 9.69. The van der Waals surface area contributed by atoms with Crippen molar-refractivity contribution in [3.8, 4) is 11.8 Å². The summed E-state index contributed by atoms with van der Waals surface area (Å²) in [7, 11) is 0. The minimum Gasteiger partial charge on any atom is -0.0993 e. The van der Waals surface area contributed by atoms with E-state index in [1.165, 1.54) is 64.2 Å². The molecule has 0 aromatic heterocycles. The van der Waals surface area contributed by atoms with Crippen LogP contribution in [-0.2, 0) is 0 Å². The van der Waals surface area contributed by atoms with Crippen molar-refractivity contribution in [3.63, 3.8) is 0 Å². The van der Waals surface area contributed by atoms with Crippen molar-refractivity contribution in [2.45, 2.75) is 78.1 Å². The van der Waals surface area contributed by atoms with E-state index in [0.717, 1.165) is 23.7 Å². The van der Waals surface area contributed by atoms with Gasteiger partial charge in [0.25, 0.3) is 0 Å². The Labute approximate surface area is 138 Å². The standard InChI is InChI=1S/C22H34/c1-17-3-7-19(8-4-17)9-10-20-11-15-22(16-12-20)21-13-5-18(2)6-14-21/h3,7,17-22H,4-6,8,11-16H2,1-2H3. The fourth-order valence-corrected chi connectivity index (χ4v) is 4.80. The van der Waals surface area contributed by atoms with Crippen LogP contribution in [0.5, 0.6) is 0 Å². The molecule has 0 heterocycles. The van der Waals surface area contributed by atoms with E-state index in [1.54, 1.807) is 0 Å². The smallest absolute Gasteiger partial charge is 0.0383 e. The van der Waals surface area contributed by atoms with Gasteiger partial charge in [0, 0.05) is 11.8 Å². The maximum Gasteiger partial charge on any atom is 0.0383 e. The summed E-state index contributed by atoms with van der Waals surface area (Å²) in [5.74, 6) is 12.3. The molecular weight excluding hydrogens is 264 g/mol. The van der Waals surface area contributed by atoms with Crippen LogP contribution in [0.1, 0.15) is 78.1 Å². The molecule has 122 valence electrons. The van der Waals surface area contributed by atoms with Gasteiger partial charge in [-0.3, -0.25) is 0 Å². The molecule has 2 saturated carbocycles. The van der Waals surface area contributed by atoms with Crippen LogP contribution < -0.4 is 0 Å². The topological polar surface area (TPSA) is 0 Å². The monoisotopic (exact) mass is 298 g/mol. The van der Waals surface area contributed by atoms with Crippen molar-refractivity contribution >= 4 is 0 Å². The van der Waals surface area contributed by atoms with E-state index in [4.69, 9.17) is 0 Å². The van der Waals surface area contributed by atoms with E-state index in [2.05, 4.69) is 37.8 Å². The fourth-order valence-electron chi connectivity index (χ4n) is 4.80. The Kier molecular flexibility index (Phi) is 5.67. The number of allylic oxidation sites excluding steroid dienone is 2. The lowest BCUT2D eigenvalue weighted by molar-refractivity contribution is 0.162. The molecule has 0 nitrogen and oxygen atoms in total. The molecule has 0 heteroatoms. The van der Waals surface area contributed by atoms with Gasteiger partial charge in [-0.1, -0.05) is 50.7 Å². The Balaban J connectivity index is 1.43. The lowest BCUT2D eigenvalue weighted by Gasteiger charge is -2.36. The first-order valence-corrected chi connectivity index (χ1v) is 9.90. The van der Waals surface area contributed by atoms with Gasteiger partial charge in [0.05, 0.1) is 0 Å². The molecule has 3 aliphatic rings. The first-order chi connectivity index (χ1) is 10.7. The maximum atomic E-state index is 3.64. The second kappa shape index (κ2) is 7.72. The minimum atomic E-state index is 0.550. The second-order valence-corrected chi connectivity index (χ2v) is 8.47. The predicted molar refractivity (Wildman–Crippen MR) is 95.4 cm³/mol. The van der Waals surface area contributed by atoms with Crippen LogP contribution in [0.25, 0.3) is 0 Å². The number of hydrogen-bond acceptors (Lipinski definition) is 0. The van der Waals surface area contributed by atoms with Crippen molar-refractivity contribution in [2.24, 2.45) is 35.5 Å². The van der Waals surface area contributed by atoms with E-state index in [-0.39, 0.29) is 0 Å². The van der Waals surface area contributed by atoms with Gasteiger partial charge in [-0.05, 0) is 75.0 Å². The molecule has 22 heavy (non-hydrogen) atoms. The molecule has 0 aliphatic heterocycles. The molecule has 2 fully saturated rings. The van der Waals surface area contributed by atoms with E-state index >= 15 is 0 Å². The van der Waals surface area contributed by atoms with E-state index in [1.807, 2.05) is 0 Å². The highest BCUT2D eigenvalue weighted by molar-refractivity contribution is 5.15. The van der Waals surface area contributed by atoms with Gasteiger partial charge in [0.2, 0.25) is 0 Å². The molecule has 0 amide bonds. The molecule has 2 atom stereocenters.